The van der Waals surface area contributed by atoms with Crippen LogP contribution in [0.15, 0.2) is 46.9 Å². The SMILES string of the molecule is C.O=C(O)Cc1ccc2oc(-c3ccc(Cl)cc3)nc2c1. The molecule has 0 amide bonds. The average Bonchev–Trinajstić information content (AvgIpc) is 2.81. The molecular formula is C16H14ClNO3. The molecule has 0 aliphatic carbocycles. The highest BCUT2D eigenvalue weighted by atomic mass is 35.5. The highest BCUT2D eigenvalue weighted by Gasteiger charge is 2.09. The molecule has 0 saturated carbocycles. The molecule has 108 valence electrons. The third-order valence-electron chi connectivity index (χ3n) is 2.90. The molecule has 1 N–H and O–H groups in total. The van der Waals surface area contributed by atoms with Gasteiger partial charge in [0, 0.05) is 10.6 Å². The van der Waals surface area contributed by atoms with Crippen molar-refractivity contribution in [3.8, 4) is 11.5 Å². The second-order valence-electron chi connectivity index (χ2n) is 4.40. The lowest BCUT2D eigenvalue weighted by atomic mass is 10.1. The number of rotatable bonds is 3. The van der Waals surface area contributed by atoms with Gasteiger partial charge in [0.2, 0.25) is 5.89 Å². The van der Waals surface area contributed by atoms with Crippen LogP contribution in [-0.4, -0.2) is 16.1 Å². The summed E-state index contributed by atoms with van der Waals surface area (Å²) in [5.41, 5.74) is 2.80. The Labute approximate surface area is 127 Å². The Morgan fingerprint density at radius 3 is 2.57 bits per heavy atom. The van der Waals surface area contributed by atoms with Gasteiger partial charge in [-0.3, -0.25) is 4.79 Å². The number of carboxylic acid groups (broad SMARTS) is 1. The smallest absolute Gasteiger partial charge is 0.307 e. The van der Waals surface area contributed by atoms with Crippen LogP contribution < -0.4 is 0 Å². The fourth-order valence-electron chi connectivity index (χ4n) is 1.97. The highest BCUT2D eigenvalue weighted by molar-refractivity contribution is 6.30. The summed E-state index contributed by atoms with van der Waals surface area (Å²) in [5.74, 6) is -0.380. The van der Waals surface area contributed by atoms with Gasteiger partial charge in [-0.2, -0.15) is 0 Å². The predicted octanol–water partition coefficient (Wildman–Crippen LogP) is 4.41. The average molecular weight is 304 g/mol. The molecule has 0 spiro atoms. The van der Waals surface area contributed by atoms with Gasteiger partial charge in [0.15, 0.2) is 5.58 Å². The molecule has 0 aliphatic heterocycles. The zero-order valence-corrected chi connectivity index (χ0v) is 11.1. The Kier molecular flexibility index (Phi) is 4.29. The van der Waals surface area contributed by atoms with E-state index in [1.54, 1.807) is 30.3 Å². The zero-order valence-electron chi connectivity index (χ0n) is 10.3. The summed E-state index contributed by atoms with van der Waals surface area (Å²) in [6.07, 6.45) is -0.0287. The predicted molar refractivity (Wildman–Crippen MR) is 82.5 cm³/mol. The summed E-state index contributed by atoms with van der Waals surface area (Å²) in [7, 11) is 0. The quantitative estimate of drug-likeness (QED) is 0.778. The van der Waals surface area contributed by atoms with Crippen molar-refractivity contribution in [2.24, 2.45) is 0 Å². The fourth-order valence-corrected chi connectivity index (χ4v) is 2.10. The number of carbonyl (C=O) groups is 1. The van der Waals surface area contributed by atoms with E-state index in [4.69, 9.17) is 21.1 Å². The number of aromatic nitrogens is 1. The van der Waals surface area contributed by atoms with Gasteiger partial charge < -0.3 is 9.52 Å². The van der Waals surface area contributed by atoms with Gasteiger partial charge >= 0.3 is 5.97 Å². The van der Waals surface area contributed by atoms with Gasteiger partial charge in [-0.1, -0.05) is 25.1 Å². The summed E-state index contributed by atoms with van der Waals surface area (Å²) < 4.78 is 5.65. The molecule has 2 aromatic carbocycles. The zero-order chi connectivity index (χ0) is 14.1. The van der Waals surface area contributed by atoms with Crippen molar-refractivity contribution in [3.05, 3.63) is 53.1 Å². The second kappa shape index (κ2) is 5.97. The molecule has 0 saturated heterocycles. The molecule has 0 unspecified atom stereocenters. The summed E-state index contributed by atoms with van der Waals surface area (Å²) >= 11 is 5.84. The summed E-state index contributed by atoms with van der Waals surface area (Å²) in [4.78, 5) is 15.1. The third kappa shape index (κ3) is 3.23. The lowest BCUT2D eigenvalue weighted by Crippen LogP contribution is -1.99. The van der Waals surface area contributed by atoms with E-state index in [2.05, 4.69) is 4.98 Å². The molecule has 21 heavy (non-hydrogen) atoms. The van der Waals surface area contributed by atoms with Crippen molar-refractivity contribution >= 4 is 28.7 Å². The van der Waals surface area contributed by atoms with Crippen LogP contribution in [0.4, 0.5) is 0 Å². The molecule has 1 aromatic heterocycles. The molecule has 4 nitrogen and oxygen atoms in total. The molecule has 0 aliphatic rings. The van der Waals surface area contributed by atoms with Crippen LogP contribution in [0.5, 0.6) is 0 Å². The number of carboxylic acids is 1. The van der Waals surface area contributed by atoms with E-state index in [-0.39, 0.29) is 13.8 Å². The van der Waals surface area contributed by atoms with Gasteiger partial charge in [-0.05, 0) is 42.0 Å². The Balaban J connectivity index is 0.00000161. The topological polar surface area (TPSA) is 63.3 Å². The van der Waals surface area contributed by atoms with Crippen LogP contribution in [0.2, 0.25) is 5.02 Å². The fraction of sp³-hybridized carbons (Fsp3) is 0.125. The van der Waals surface area contributed by atoms with Crippen LogP contribution in [-0.2, 0) is 11.2 Å². The van der Waals surface area contributed by atoms with Gasteiger partial charge in [0.05, 0.1) is 6.42 Å². The second-order valence-corrected chi connectivity index (χ2v) is 4.83. The standard InChI is InChI=1S/C15H10ClNO3.CH4/c16-11-4-2-10(3-5-11)15-17-12-7-9(8-14(18)19)1-6-13(12)20-15;/h1-7H,8H2,(H,18,19);1H4. The van der Waals surface area contributed by atoms with E-state index in [9.17, 15) is 4.79 Å². The van der Waals surface area contributed by atoms with Crippen LogP contribution in [0.25, 0.3) is 22.6 Å². The summed E-state index contributed by atoms with van der Waals surface area (Å²) in [5, 5.41) is 9.44. The van der Waals surface area contributed by atoms with E-state index < -0.39 is 5.97 Å². The number of aliphatic carboxylic acids is 1. The lowest BCUT2D eigenvalue weighted by Gasteiger charge is -1.94. The molecule has 1 heterocycles. The first-order valence-corrected chi connectivity index (χ1v) is 6.37. The van der Waals surface area contributed by atoms with E-state index in [1.165, 1.54) is 0 Å². The Bertz CT molecular complexity index is 778. The number of halogens is 1. The number of oxazole rings is 1. The van der Waals surface area contributed by atoms with Crippen molar-refractivity contribution < 1.29 is 14.3 Å². The van der Waals surface area contributed by atoms with Gasteiger partial charge in [-0.25, -0.2) is 4.98 Å². The highest BCUT2D eigenvalue weighted by Crippen LogP contribution is 2.26. The van der Waals surface area contributed by atoms with Gasteiger partial charge in [0.25, 0.3) is 0 Å². The van der Waals surface area contributed by atoms with Crippen molar-refractivity contribution in [1.29, 1.82) is 0 Å². The molecule has 3 rings (SSSR count). The molecule has 0 radical (unpaired) electrons. The van der Waals surface area contributed by atoms with E-state index >= 15 is 0 Å². The summed E-state index contributed by atoms with van der Waals surface area (Å²) in [6.45, 7) is 0. The first-order chi connectivity index (χ1) is 9.61. The molecule has 3 aromatic rings. The Morgan fingerprint density at radius 2 is 1.90 bits per heavy atom. The largest absolute Gasteiger partial charge is 0.481 e. The number of nitrogens with zero attached hydrogens (tertiary/aromatic N) is 1. The number of hydrogen-bond acceptors (Lipinski definition) is 3. The minimum Gasteiger partial charge on any atom is -0.481 e. The monoisotopic (exact) mass is 303 g/mol. The Morgan fingerprint density at radius 1 is 1.19 bits per heavy atom. The minimum absolute atomic E-state index is 0. The van der Waals surface area contributed by atoms with Gasteiger partial charge in [0.1, 0.15) is 5.52 Å². The maximum absolute atomic E-state index is 10.7. The van der Waals surface area contributed by atoms with E-state index in [1.807, 2.05) is 12.1 Å². The Hall–Kier alpha value is -2.33. The summed E-state index contributed by atoms with van der Waals surface area (Å²) in [6, 6.07) is 12.4. The maximum Gasteiger partial charge on any atom is 0.307 e. The molecular weight excluding hydrogens is 290 g/mol. The van der Waals surface area contributed by atoms with Crippen LogP contribution >= 0.6 is 11.6 Å². The number of fused-ring (bicyclic) bond motifs is 1. The van der Waals surface area contributed by atoms with Crippen LogP contribution in [0.1, 0.15) is 13.0 Å². The third-order valence-corrected chi connectivity index (χ3v) is 3.15. The molecule has 0 fully saturated rings. The van der Waals surface area contributed by atoms with E-state index in [0.29, 0.717) is 27.6 Å². The lowest BCUT2D eigenvalue weighted by molar-refractivity contribution is -0.136. The van der Waals surface area contributed by atoms with Crippen molar-refractivity contribution in [3.63, 3.8) is 0 Å². The maximum atomic E-state index is 10.7. The minimum atomic E-state index is -0.870. The molecule has 0 bridgehead atoms. The normalized spacial score (nSPS) is 10.3. The molecule has 5 heteroatoms. The van der Waals surface area contributed by atoms with Crippen LogP contribution in [0.3, 0.4) is 0 Å². The van der Waals surface area contributed by atoms with Gasteiger partial charge in [-0.15, -0.1) is 0 Å². The number of hydrogen-bond donors (Lipinski definition) is 1. The first-order valence-electron chi connectivity index (χ1n) is 5.99. The van der Waals surface area contributed by atoms with Crippen molar-refractivity contribution in [1.82, 2.24) is 4.98 Å². The van der Waals surface area contributed by atoms with E-state index in [0.717, 1.165) is 5.56 Å². The van der Waals surface area contributed by atoms with Crippen molar-refractivity contribution in [2.75, 3.05) is 0 Å². The first kappa shape index (κ1) is 15.1. The van der Waals surface area contributed by atoms with Crippen molar-refractivity contribution in [2.45, 2.75) is 13.8 Å². The van der Waals surface area contributed by atoms with Crippen LogP contribution in [0, 0.1) is 0 Å². The molecule has 0 atom stereocenters. The number of benzene rings is 2.